The van der Waals surface area contributed by atoms with Gasteiger partial charge < -0.3 is 14.4 Å². The molecule has 0 aliphatic carbocycles. The first-order chi connectivity index (χ1) is 7.28. The summed E-state index contributed by atoms with van der Waals surface area (Å²) >= 11 is 0. The molecule has 0 unspecified atom stereocenters. The Labute approximate surface area is 90.9 Å². The molecule has 0 fully saturated rings. The van der Waals surface area contributed by atoms with Crippen LogP contribution in [0.2, 0.25) is 0 Å². The third kappa shape index (κ3) is 3.75. The van der Waals surface area contributed by atoms with Crippen molar-refractivity contribution >= 4 is 16.4 Å². The van der Waals surface area contributed by atoms with Gasteiger partial charge in [-0.3, -0.25) is 9.35 Å². The van der Waals surface area contributed by atoms with E-state index in [0.717, 1.165) is 6.07 Å². The van der Waals surface area contributed by atoms with Gasteiger partial charge in [0.25, 0.3) is 0 Å². The Hall–Kier alpha value is -1.80. The minimum atomic E-state index is -4.85. The smallest absolute Gasteiger partial charge is 0.448 e. The van der Waals surface area contributed by atoms with Crippen molar-refractivity contribution in [3.63, 3.8) is 0 Å². The maximum atomic E-state index is 10.9. The number of hydrogen-bond donors (Lipinski definition) is 3. The van der Waals surface area contributed by atoms with Gasteiger partial charge in [-0.25, -0.2) is 0 Å². The molecule has 1 rings (SSSR count). The van der Waals surface area contributed by atoms with Crippen LogP contribution in [0.4, 0.5) is 0 Å². The van der Waals surface area contributed by atoms with E-state index in [0.29, 0.717) is 0 Å². The van der Waals surface area contributed by atoms with E-state index in [9.17, 15) is 18.3 Å². The second-order valence-electron chi connectivity index (χ2n) is 2.87. The Morgan fingerprint density at radius 2 is 1.94 bits per heavy atom. The minimum Gasteiger partial charge on any atom is -0.508 e. The number of benzene rings is 1. The molecule has 16 heavy (non-hydrogen) atoms. The van der Waals surface area contributed by atoms with Crippen molar-refractivity contribution in [3.05, 3.63) is 23.8 Å². The second-order valence-corrected chi connectivity index (χ2v) is 3.89. The van der Waals surface area contributed by atoms with Gasteiger partial charge in [0.2, 0.25) is 0 Å². The van der Waals surface area contributed by atoms with Gasteiger partial charge >= 0.3 is 16.4 Å². The SMILES string of the molecule is O=C(Cc1ccc(O)cc1O)OS(=O)(=O)O. The maximum Gasteiger partial charge on any atom is 0.448 e. The van der Waals surface area contributed by atoms with Crippen LogP contribution in [0.25, 0.3) is 0 Å². The van der Waals surface area contributed by atoms with Crippen molar-refractivity contribution < 1.29 is 32.2 Å². The van der Waals surface area contributed by atoms with E-state index in [-0.39, 0.29) is 17.1 Å². The standard InChI is InChI=1S/C8H8O7S/c9-6-2-1-5(7(10)4-6)3-8(11)15-16(12,13)14/h1-2,4,9-10H,3H2,(H,12,13,14). The Kier molecular flexibility index (Phi) is 3.35. The first kappa shape index (κ1) is 12.3. The lowest BCUT2D eigenvalue weighted by Gasteiger charge is -2.03. The normalized spacial score (nSPS) is 11.1. The van der Waals surface area contributed by atoms with E-state index in [1.54, 1.807) is 0 Å². The van der Waals surface area contributed by atoms with Gasteiger partial charge in [0.05, 0.1) is 6.42 Å². The zero-order chi connectivity index (χ0) is 12.3. The topological polar surface area (TPSA) is 121 Å². The van der Waals surface area contributed by atoms with Gasteiger partial charge in [0.15, 0.2) is 0 Å². The summed E-state index contributed by atoms with van der Waals surface area (Å²) in [4.78, 5) is 10.9. The molecule has 0 bridgehead atoms. The highest BCUT2D eigenvalue weighted by Gasteiger charge is 2.15. The molecule has 0 aliphatic heterocycles. The fourth-order valence-electron chi connectivity index (χ4n) is 1.00. The number of phenolic OH excluding ortho intramolecular Hbond substituents is 2. The fourth-order valence-corrected chi connectivity index (χ4v) is 1.30. The molecular weight excluding hydrogens is 240 g/mol. The van der Waals surface area contributed by atoms with E-state index in [4.69, 9.17) is 9.66 Å². The van der Waals surface area contributed by atoms with E-state index in [2.05, 4.69) is 4.18 Å². The van der Waals surface area contributed by atoms with Crippen molar-refractivity contribution in [2.24, 2.45) is 0 Å². The first-order valence-corrected chi connectivity index (χ1v) is 5.35. The fraction of sp³-hybridized carbons (Fsp3) is 0.125. The molecule has 1 aromatic rings. The summed E-state index contributed by atoms with van der Waals surface area (Å²) in [5.74, 6) is -1.83. The molecule has 0 amide bonds. The van der Waals surface area contributed by atoms with Crippen molar-refractivity contribution in [1.82, 2.24) is 0 Å². The van der Waals surface area contributed by atoms with Crippen molar-refractivity contribution in [3.8, 4) is 11.5 Å². The summed E-state index contributed by atoms with van der Waals surface area (Å²) in [5, 5.41) is 18.2. The molecule has 88 valence electrons. The lowest BCUT2D eigenvalue weighted by atomic mass is 10.1. The third-order valence-electron chi connectivity index (χ3n) is 1.60. The summed E-state index contributed by atoms with van der Waals surface area (Å²) < 4.78 is 32.2. The summed E-state index contributed by atoms with van der Waals surface area (Å²) in [5.41, 5.74) is 0.0615. The zero-order valence-electron chi connectivity index (χ0n) is 7.82. The molecule has 0 heterocycles. The van der Waals surface area contributed by atoms with Crippen LogP contribution >= 0.6 is 0 Å². The lowest BCUT2D eigenvalue weighted by molar-refractivity contribution is -0.133. The molecule has 0 radical (unpaired) electrons. The van der Waals surface area contributed by atoms with Gasteiger partial charge in [0.1, 0.15) is 11.5 Å². The summed E-state index contributed by atoms with van der Waals surface area (Å²) in [6, 6.07) is 3.40. The predicted molar refractivity (Wildman–Crippen MR) is 51.1 cm³/mol. The number of carbonyl (C=O) groups excluding carboxylic acids is 1. The molecule has 0 saturated heterocycles. The molecule has 8 heteroatoms. The largest absolute Gasteiger partial charge is 0.508 e. The zero-order valence-corrected chi connectivity index (χ0v) is 8.64. The predicted octanol–water partition coefficient (Wildman–Crippen LogP) is -0.0137. The van der Waals surface area contributed by atoms with E-state index in [1.165, 1.54) is 12.1 Å². The monoisotopic (exact) mass is 248 g/mol. The van der Waals surface area contributed by atoms with Crippen molar-refractivity contribution in [1.29, 1.82) is 0 Å². The lowest BCUT2D eigenvalue weighted by Crippen LogP contribution is -2.13. The summed E-state index contributed by atoms with van der Waals surface area (Å²) in [6.45, 7) is 0. The highest BCUT2D eigenvalue weighted by Crippen LogP contribution is 2.23. The van der Waals surface area contributed by atoms with Crippen LogP contribution in [0.3, 0.4) is 0 Å². The molecule has 3 N–H and O–H groups in total. The van der Waals surface area contributed by atoms with Crippen LogP contribution in [0, 0.1) is 0 Å². The summed E-state index contributed by atoms with van der Waals surface area (Å²) in [6.07, 6.45) is -0.550. The van der Waals surface area contributed by atoms with Crippen LogP contribution < -0.4 is 0 Å². The average molecular weight is 248 g/mol. The van der Waals surface area contributed by atoms with Crippen LogP contribution in [0.15, 0.2) is 18.2 Å². The van der Waals surface area contributed by atoms with E-state index in [1.807, 2.05) is 0 Å². The Morgan fingerprint density at radius 1 is 1.31 bits per heavy atom. The number of aromatic hydroxyl groups is 2. The Balaban J connectivity index is 2.78. The van der Waals surface area contributed by atoms with Crippen LogP contribution in [0.5, 0.6) is 11.5 Å². The second kappa shape index (κ2) is 4.37. The minimum absolute atomic E-state index is 0.0615. The number of phenols is 2. The van der Waals surface area contributed by atoms with Crippen molar-refractivity contribution in [2.45, 2.75) is 6.42 Å². The van der Waals surface area contributed by atoms with Gasteiger partial charge in [0, 0.05) is 11.6 Å². The van der Waals surface area contributed by atoms with Gasteiger partial charge in [-0.1, -0.05) is 6.07 Å². The quantitative estimate of drug-likeness (QED) is 0.643. The highest BCUT2D eigenvalue weighted by atomic mass is 32.3. The third-order valence-corrected chi connectivity index (χ3v) is 2.00. The van der Waals surface area contributed by atoms with Gasteiger partial charge in [-0.15, -0.1) is 0 Å². The van der Waals surface area contributed by atoms with Crippen LogP contribution in [-0.4, -0.2) is 29.2 Å². The van der Waals surface area contributed by atoms with Crippen molar-refractivity contribution in [2.75, 3.05) is 0 Å². The van der Waals surface area contributed by atoms with Gasteiger partial charge in [-0.2, -0.15) is 8.42 Å². The molecule has 1 aromatic carbocycles. The average Bonchev–Trinajstić information content (AvgIpc) is 2.06. The van der Waals surface area contributed by atoms with Crippen LogP contribution in [0.1, 0.15) is 5.56 Å². The highest BCUT2D eigenvalue weighted by molar-refractivity contribution is 7.81. The Morgan fingerprint density at radius 3 is 2.44 bits per heavy atom. The molecule has 0 atom stereocenters. The molecule has 0 aromatic heterocycles. The number of rotatable bonds is 3. The maximum absolute atomic E-state index is 10.9. The number of carbonyl (C=O) groups is 1. The molecular formula is C8H8O7S. The molecule has 0 saturated carbocycles. The van der Waals surface area contributed by atoms with E-state index < -0.39 is 22.8 Å². The van der Waals surface area contributed by atoms with Crippen LogP contribution in [-0.2, 0) is 25.8 Å². The van der Waals surface area contributed by atoms with E-state index >= 15 is 0 Å². The molecule has 0 aliphatic rings. The number of hydrogen-bond acceptors (Lipinski definition) is 6. The summed E-state index contributed by atoms with van der Waals surface area (Å²) in [7, 11) is -4.85. The van der Waals surface area contributed by atoms with Gasteiger partial charge in [-0.05, 0) is 6.07 Å². The first-order valence-electron chi connectivity index (χ1n) is 3.98. The Bertz CT molecular complexity index is 505. The molecule has 0 spiro atoms. The molecule has 7 nitrogen and oxygen atoms in total.